The zero-order valence-electron chi connectivity index (χ0n) is 17.2. The van der Waals surface area contributed by atoms with Crippen LogP contribution in [-0.4, -0.2) is 48.7 Å². The molecule has 3 N–H and O–H groups in total. The van der Waals surface area contributed by atoms with Crippen molar-refractivity contribution in [3.8, 4) is 0 Å². The molecule has 0 aliphatic carbocycles. The average Bonchev–Trinajstić information content (AvgIpc) is 2.77. The van der Waals surface area contributed by atoms with E-state index in [-0.39, 0.29) is 17.1 Å². The van der Waals surface area contributed by atoms with Crippen molar-refractivity contribution in [2.24, 2.45) is 0 Å². The van der Waals surface area contributed by atoms with Gasteiger partial charge in [-0.1, -0.05) is 23.7 Å². The van der Waals surface area contributed by atoms with Crippen molar-refractivity contribution in [3.05, 3.63) is 65.6 Å². The van der Waals surface area contributed by atoms with Crippen LogP contribution in [0.5, 0.6) is 0 Å². The van der Waals surface area contributed by atoms with Gasteiger partial charge in [-0.05, 0) is 42.8 Å². The number of carbonyl (C=O) groups is 2. The number of pyridine rings is 1. The number of nitrogens with zero attached hydrogens (tertiary/aromatic N) is 2. The molecular weight excluding hydrogens is 473 g/mol. The third kappa shape index (κ3) is 4.96. The summed E-state index contributed by atoms with van der Waals surface area (Å²) >= 11 is 5.74. The van der Waals surface area contributed by atoms with E-state index in [1.54, 1.807) is 30.5 Å². The SMILES string of the molecule is CN1C(C(=O)Nc2ccc(F)c(Cl)c2)CC(C(=O)Nc2ccc3cccnc3c2)NS1(=O)=O. The number of hydrogen-bond acceptors (Lipinski definition) is 5. The van der Waals surface area contributed by atoms with Crippen molar-refractivity contribution < 1.29 is 22.4 Å². The Balaban J connectivity index is 1.51. The van der Waals surface area contributed by atoms with E-state index >= 15 is 0 Å². The van der Waals surface area contributed by atoms with Gasteiger partial charge in [0, 0.05) is 30.0 Å². The zero-order valence-corrected chi connectivity index (χ0v) is 18.8. The molecule has 4 rings (SSSR count). The van der Waals surface area contributed by atoms with Crippen molar-refractivity contribution in [1.82, 2.24) is 14.0 Å². The quantitative estimate of drug-likeness (QED) is 0.518. The molecule has 0 bridgehead atoms. The molecule has 12 heteroatoms. The number of benzene rings is 2. The Morgan fingerprint density at radius 1 is 1.12 bits per heavy atom. The lowest BCUT2D eigenvalue weighted by molar-refractivity contribution is -0.121. The predicted octanol–water partition coefficient (Wildman–Crippen LogP) is 2.51. The second kappa shape index (κ2) is 9.02. The molecule has 1 fully saturated rings. The summed E-state index contributed by atoms with van der Waals surface area (Å²) in [6.45, 7) is 0. The summed E-state index contributed by atoms with van der Waals surface area (Å²) in [5.41, 5.74) is 1.29. The predicted molar refractivity (Wildman–Crippen MR) is 122 cm³/mol. The van der Waals surface area contributed by atoms with Crippen LogP contribution in [-0.2, 0) is 19.8 Å². The Kier molecular flexibility index (Phi) is 6.30. The molecule has 0 spiro atoms. The lowest BCUT2D eigenvalue weighted by atomic mass is 10.1. The van der Waals surface area contributed by atoms with E-state index in [1.807, 2.05) is 6.07 Å². The van der Waals surface area contributed by atoms with E-state index in [0.29, 0.717) is 11.2 Å². The fourth-order valence-electron chi connectivity index (χ4n) is 3.46. The molecule has 3 aromatic rings. The van der Waals surface area contributed by atoms with Crippen LogP contribution in [0.4, 0.5) is 15.8 Å². The summed E-state index contributed by atoms with van der Waals surface area (Å²) in [6, 6.07) is 9.99. The highest BCUT2D eigenvalue weighted by atomic mass is 35.5. The van der Waals surface area contributed by atoms with Crippen LogP contribution in [0, 0.1) is 5.82 Å². The van der Waals surface area contributed by atoms with E-state index in [9.17, 15) is 22.4 Å². The van der Waals surface area contributed by atoms with Crippen molar-refractivity contribution in [3.63, 3.8) is 0 Å². The minimum Gasteiger partial charge on any atom is -0.325 e. The smallest absolute Gasteiger partial charge is 0.280 e. The van der Waals surface area contributed by atoms with E-state index in [2.05, 4.69) is 20.3 Å². The fourth-order valence-corrected chi connectivity index (χ4v) is 4.88. The van der Waals surface area contributed by atoms with Crippen molar-refractivity contribution in [2.45, 2.75) is 18.5 Å². The van der Waals surface area contributed by atoms with Crippen LogP contribution in [0.2, 0.25) is 5.02 Å². The van der Waals surface area contributed by atoms with Gasteiger partial charge in [-0.2, -0.15) is 17.4 Å². The molecule has 33 heavy (non-hydrogen) atoms. The van der Waals surface area contributed by atoms with E-state index < -0.39 is 39.9 Å². The van der Waals surface area contributed by atoms with Crippen LogP contribution >= 0.6 is 11.6 Å². The van der Waals surface area contributed by atoms with Gasteiger partial charge in [0.2, 0.25) is 11.8 Å². The first-order valence-electron chi connectivity index (χ1n) is 9.81. The number of hydrogen-bond donors (Lipinski definition) is 3. The minimum absolute atomic E-state index is 0.131. The van der Waals surface area contributed by atoms with Crippen LogP contribution in [0.3, 0.4) is 0 Å². The number of nitrogens with one attached hydrogen (secondary N) is 3. The second-order valence-electron chi connectivity index (χ2n) is 7.46. The monoisotopic (exact) mass is 491 g/mol. The van der Waals surface area contributed by atoms with Gasteiger partial charge in [-0.25, -0.2) is 4.39 Å². The first-order chi connectivity index (χ1) is 15.6. The maximum Gasteiger partial charge on any atom is 0.280 e. The highest BCUT2D eigenvalue weighted by Crippen LogP contribution is 2.23. The van der Waals surface area contributed by atoms with Crippen LogP contribution < -0.4 is 15.4 Å². The molecule has 2 unspecified atom stereocenters. The maximum atomic E-state index is 13.4. The van der Waals surface area contributed by atoms with Gasteiger partial charge < -0.3 is 10.6 Å². The van der Waals surface area contributed by atoms with Crippen molar-refractivity contribution in [1.29, 1.82) is 0 Å². The Morgan fingerprint density at radius 2 is 1.82 bits per heavy atom. The third-order valence-corrected chi connectivity index (χ3v) is 7.13. The highest BCUT2D eigenvalue weighted by molar-refractivity contribution is 7.87. The van der Waals surface area contributed by atoms with Gasteiger partial charge in [0.1, 0.15) is 17.9 Å². The summed E-state index contributed by atoms with van der Waals surface area (Å²) in [6.07, 6.45) is 1.49. The van der Waals surface area contributed by atoms with Gasteiger partial charge in [0.05, 0.1) is 10.5 Å². The third-order valence-electron chi connectivity index (χ3n) is 5.25. The van der Waals surface area contributed by atoms with Gasteiger partial charge in [-0.15, -0.1) is 0 Å². The molecule has 9 nitrogen and oxygen atoms in total. The summed E-state index contributed by atoms with van der Waals surface area (Å²) in [5, 5.41) is 5.87. The van der Waals surface area contributed by atoms with Crippen LogP contribution in [0.1, 0.15) is 6.42 Å². The summed E-state index contributed by atoms with van der Waals surface area (Å²) in [7, 11) is -2.89. The number of aromatic nitrogens is 1. The fraction of sp³-hybridized carbons (Fsp3) is 0.190. The minimum atomic E-state index is -4.12. The number of likely N-dealkylation sites (N-methyl/N-ethyl adjacent to an activating group) is 1. The molecule has 1 aliphatic heterocycles. The Bertz CT molecular complexity index is 1350. The lowest BCUT2D eigenvalue weighted by Crippen LogP contribution is -2.61. The molecule has 2 heterocycles. The molecule has 1 saturated heterocycles. The number of fused-ring (bicyclic) bond motifs is 1. The van der Waals surface area contributed by atoms with E-state index in [0.717, 1.165) is 15.8 Å². The molecule has 1 aromatic heterocycles. The number of carbonyl (C=O) groups excluding carboxylic acids is 2. The highest BCUT2D eigenvalue weighted by Gasteiger charge is 2.42. The number of rotatable bonds is 4. The molecular formula is C21H19ClFN5O4S. The maximum absolute atomic E-state index is 13.4. The van der Waals surface area contributed by atoms with Gasteiger partial charge in [0.25, 0.3) is 10.2 Å². The zero-order chi connectivity index (χ0) is 23.8. The Morgan fingerprint density at radius 3 is 2.58 bits per heavy atom. The first kappa shape index (κ1) is 23.1. The molecule has 2 amide bonds. The van der Waals surface area contributed by atoms with Crippen LogP contribution in [0.25, 0.3) is 10.9 Å². The van der Waals surface area contributed by atoms with Gasteiger partial charge >= 0.3 is 0 Å². The average molecular weight is 492 g/mol. The lowest BCUT2D eigenvalue weighted by Gasteiger charge is -2.35. The number of amides is 2. The van der Waals surface area contributed by atoms with Crippen molar-refractivity contribution in [2.75, 3.05) is 17.7 Å². The largest absolute Gasteiger partial charge is 0.325 e. The van der Waals surface area contributed by atoms with E-state index in [1.165, 1.54) is 19.2 Å². The number of anilines is 2. The van der Waals surface area contributed by atoms with Gasteiger partial charge in [-0.3, -0.25) is 14.6 Å². The normalized spacial score (nSPS) is 20.3. The summed E-state index contributed by atoms with van der Waals surface area (Å²) in [4.78, 5) is 29.9. The summed E-state index contributed by atoms with van der Waals surface area (Å²) < 4.78 is 41.6. The Labute approximate surface area is 194 Å². The Hall–Kier alpha value is -3.12. The standard InChI is InChI=1S/C21H19ClFN5O4S/c1-28-19(21(30)26-13-6-7-16(23)15(22)9-13)11-18(27-33(28,31)32)20(29)25-14-5-4-12-3-2-8-24-17(12)10-14/h2-10,18-19,27H,11H2,1H3,(H,25,29)(H,26,30). The molecule has 0 saturated carbocycles. The summed E-state index contributed by atoms with van der Waals surface area (Å²) in [5.74, 6) is -1.96. The molecule has 2 aromatic carbocycles. The van der Waals surface area contributed by atoms with E-state index in [4.69, 9.17) is 11.6 Å². The molecule has 0 radical (unpaired) electrons. The van der Waals surface area contributed by atoms with Crippen molar-refractivity contribution >= 4 is 55.9 Å². The topological polar surface area (TPSA) is 120 Å². The molecule has 2 atom stereocenters. The van der Waals surface area contributed by atoms with Crippen LogP contribution in [0.15, 0.2) is 54.7 Å². The molecule has 172 valence electrons. The molecule has 1 aliphatic rings. The van der Waals surface area contributed by atoms with Gasteiger partial charge in [0.15, 0.2) is 0 Å². The second-order valence-corrected chi connectivity index (χ2v) is 9.63. The number of halogens is 2. The first-order valence-corrected chi connectivity index (χ1v) is 11.6.